The second kappa shape index (κ2) is 5.26. The van der Waals surface area contributed by atoms with Crippen LogP contribution in [0.2, 0.25) is 0 Å². The second-order valence-electron chi connectivity index (χ2n) is 6.27. The van der Waals surface area contributed by atoms with Crippen molar-refractivity contribution in [3.63, 3.8) is 0 Å². The van der Waals surface area contributed by atoms with Crippen LogP contribution in [0.5, 0.6) is 0 Å². The molecule has 6 heteroatoms. The molecule has 0 unspecified atom stereocenters. The van der Waals surface area contributed by atoms with Gasteiger partial charge in [-0.1, -0.05) is 0 Å². The van der Waals surface area contributed by atoms with Gasteiger partial charge >= 0.3 is 0 Å². The minimum Gasteiger partial charge on any atom is -0.357 e. The summed E-state index contributed by atoms with van der Waals surface area (Å²) >= 11 is 0. The van der Waals surface area contributed by atoms with Crippen LogP contribution < -0.4 is 4.90 Å². The minimum absolute atomic E-state index is 0.308. The van der Waals surface area contributed by atoms with Crippen LogP contribution in [-0.2, 0) is 4.79 Å². The van der Waals surface area contributed by atoms with Gasteiger partial charge in [0.25, 0.3) is 0 Å². The molecule has 1 aliphatic heterocycles. The van der Waals surface area contributed by atoms with Crippen LogP contribution in [0.4, 0.5) is 5.82 Å². The maximum absolute atomic E-state index is 12.3. The van der Waals surface area contributed by atoms with Crippen LogP contribution in [0, 0.1) is 12.8 Å². The topological polar surface area (TPSA) is 65.1 Å². The number of aromatic nitrogens is 3. The molecule has 0 bridgehead atoms. The Kier molecular flexibility index (Phi) is 3.24. The smallest absolute Gasteiger partial charge is 0.225 e. The van der Waals surface area contributed by atoms with Crippen molar-refractivity contribution in [2.45, 2.75) is 26.2 Å². The molecule has 116 valence electrons. The zero-order valence-electron chi connectivity index (χ0n) is 12.9. The number of aryl methyl sites for hydroxylation is 1. The quantitative estimate of drug-likeness (QED) is 0.917. The summed E-state index contributed by atoms with van der Waals surface area (Å²) in [5, 5.41) is 0. The zero-order chi connectivity index (χ0) is 15.1. The van der Waals surface area contributed by atoms with Gasteiger partial charge in [0, 0.05) is 38.3 Å². The van der Waals surface area contributed by atoms with Crippen molar-refractivity contribution in [1.29, 1.82) is 0 Å². The van der Waals surface area contributed by atoms with E-state index < -0.39 is 0 Å². The number of hydrogen-bond donors (Lipinski definition) is 1. The van der Waals surface area contributed by atoms with Gasteiger partial charge in [0.05, 0.1) is 5.52 Å². The Labute approximate surface area is 129 Å². The third-order valence-corrected chi connectivity index (χ3v) is 4.53. The maximum atomic E-state index is 12.3. The highest BCUT2D eigenvalue weighted by molar-refractivity contribution is 5.86. The van der Waals surface area contributed by atoms with Gasteiger partial charge in [0.2, 0.25) is 5.91 Å². The van der Waals surface area contributed by atoms with Crippen molar-refractivity contribution in [2.75, 3.05) is 31.1 Å². The molecule has 2 aliphatic rings. The summed E-state index contributed by atoms with van der Waals surface area (Å²) in [6.45, 7) is 5.35. The first-order chi connectivity index (χ1) is 10.7. The molecule has 2 aromatic heterocycles. The zero-order valence-corrected chi connectivity index (χ0v) is 12.9. The fourth-order valence-electron chi connectivity index (χ4n) is 3.21. The standard InChI is InChI=1S/C16H21N5O/c1-11-18-13-5-6-17-14(13)15(19-11)20-7-2-8-21(10-9-20)16(22)12-3-4-12/h5-6,12,17H,2-4,7-10H2,1H3. The molecule has 1 N–H and O–H groups in total. The third-order valence-electron chi connectivity index (χ3n) is 4.53. The molecule has 2 fully saturated rings. The molecular weight excluding hydrogens is 278 g/mol. The van der Waals surface area contributed by atoms with Crippen LogP contribution in [0.1, 0.15) is 25.1 Å². The summed E-state index contributed by atoms with van der Waals surface area (Å²) in [5.41, 5.74) is 1.95. The molecule has 4 rings (SSSR count). The highest BCUT2D eigenvalue weighted by atomic mass is 16.2. The summed E-state index contributed by atoms with van der Waals surface area (Å²) in [6, 6.07) is 1.98. The average Bonchev–Trinajstić information content (AvgIpc) is 3.29. The number of H-pyrrole nitrogens is 1. The third kappa shape index (κ3) is 2.42. The monoisotopic (exact) mass is 299 g/mol. The Balaban J connectivity index is 1.57. The molecule has 6 nitrogen and oxygen atoms in total. The van der Waals surface area contributed by atoms with Crippen molar-refractivity contribution in [3.8, 4) is 0 Å². The lowest BCUT2D eigenvalue weighted by Crippen LogP contribution is -2.36. The molecule has 0 radical (unpaired) electrons. The highest BCUT2D eigenvalue weighted by Gasteiger charge is 2.34. The van der Waals surface area contributed by atoms with Gasteiger partial charge in [-0.15, -0.1) is 0 Å². The van der Waals surface area contributed by atoms with E-state index in [0.29, 0.717) is 11.8 Å². The molecule has 22 heavy (non-hydrogen) atoms. The number of hydrogen-bond acceptors (Lipinski definition) is 4. The van der Waals surface area contributed by atoms with Gasteiger partial charge in [0.15, 0.2) is 5.82 Å². The first-order valence-electron chi connectivity index (χ1n) is 8.08. The Morgan fingerprint density at radius 3 is 2.91 bits per heavy atom. The SMILES string of the molecule is Cc1nc(N2CCCN(C(=O)C3CC3)CC2)c2[nH]ccc2n1. The average molecular weight is 299 g/mol. The Bertz CT molecular complexity index is 706. The summed E-state index contributed by atoms with van der Waals surface area (Å²) in [5.74, 6) is 2.42. The van der Waals surface area contributed by atoms with Crippen LogP contribution in [0.25, 0.3) is 11.0 Å². The lowest BCUT2D eigenvalue weighted by Gasteiger charge is -2.23. The Hall–Kier alpha value is -2.11. The molecule has 0 atom stereocenters. The maximum Gasteiger partial charge on any atom is 0.225 e. The lowest BCUT2D eigenvalue weighted by molar-refractivity contribution is -0.132. The lowest BCUT2D eigenvalue weighted by atomic mass is 10.3. The molecule has 0 aromatic carbocycles. The molecule has 1 saturated heterocycles. The van der Waals surface area contributed by atoms with Crippen molar-refractivity contribution < 1.29 is 4.79 Å². The van der Waals surface area contributed by atoms with Crippen molar-refractivity contribution in [1.82, 2.24) is 19.9 Å². The normalized spacial score (nSPS) is 19.5. The van der Waals surface area contributed by atoms with Gasteiger partial charge < -0.3 is 14.8 Å². The number of nitrogens with one attached hydrogen (secondary N) is 1. The van der Waals surface area contributed by atoms with Crippen molar-refractivity contribution in [2.24, 2.45) is 5.92 Å². The molecule has 1 saturated carbocycles. The van der Waals surface area contributed by atoms with E-state index in [4.69, 9.17) is 0 Å². The molecule has 2 aromatic rings. The number of carbonyl (C=O) groups is 1. The van der Waals surface area contributed by atoms with E-state index in [1.54, 1.807) is 0 Å². The summed E-state index contributed by atoms with van der Waals surface area (Å²) < 4.78 is 0. The summed E-state index contributed by atoms with van der Waals surface area (Å²) in [6.07, 6.45) is 5.05. The number of nitrogens with zero attached hydrogens (tertiary/aromatic N) is 4. The van der Waals surface area contributed by atoms with Gasteiger partial charge in [-0.2, -0.15) is 0 Å². The van der Waals surface area contributed by atoms with E-state index in [0.717, 1.165) is 68.1 Å². The van der Waals surface area contributed by atoms with Crippen LogP contribution in [0.15, 0.2) is 12.3 Å². The Morgan fingerprint density at radius 2 is 2.09 bits per heavy atom. The molecular formula is C16H21N5O. The molecule has 0 spiro atoms. The number of amides is 1. The van der Waals surface area contributed by atoms with E-state index in [1.165, 1.54) is 0 Å². The number of carbonyl (C=O) groups excluding carboxylic acids is 1. The highest BCUT2D eigenvalue weighted by Crippen LogP contribution is 2.31. The van der Waals surface area contributed by atoms with E-state index in [1.807, 2.05) is 24.1 Å². The predicted molar refractivity (Wildman–Crippen MR) is 84.8 cm³/mol. The van der Waals surface area contributed by atoms with E-state index in [2.05, 4.69) is 19.9 Å². The molecule has 3 heterocycles. The largest absolute Gasteiger partial charge is 0.357 e. The number of fused-ring (bicyclic) bond motifs is 1. The van der Waals surface area contributed by atoms with E-state index >= 15 is 0 Å². The predicted octanol–water partition coefficient (Wildman–Crippen LogP) is 1.72. The van der Waals surface area contributed by atoms with Gasteiger partial charge in [-0.25, -0.2) is 9.97 Å². The number of aromatic amines is 1. The number of anilines is 1. The van der Waals surface area contributed by atoms with Crippen molar-refractivity contribution in [3.05, 3.63) is 18.1 Å². The Morgan fingerprint density at radius 1 is 1.23 bits per heavy atom. The van der Waals surface area contributed by atoms with Gasteiger partial charge in [0.1, 0.15) is 11.3 Å². The van der Waals surface area contributed by atoms with Crippen LogP contribution in [-0.4, -0.2) is 51.9 Å². The molecule has 1 aliphatic carbocycles. The number of rotatable bonds is 2. The fourth-order valence-corrected chi connectivity index (χ4v) is 3.21. The van der Waals surface area contributed by atoms with Crippen LogP contribution in [0.3, 0.4) is 0 Å². The first-order valence-corrected chi connectivity index (χ1v) is 8.08. The fraction of sp³-hybridized carbons (Fsp3) is 0.562. The van der Waals surface area contributed by atoms with Gasteiger partial charge in [-0.3, -0.25) is 4.79 Å². The van der Waals surface area contributed by atoms with E-state index in [9.17, 15) is 4.79 Å². The van der Waals surface area contributed by atoms with E-state index in [-0.39, 0.29) is 0 Å². The second-order valence-corrected chi connectivity index (χ2v) is 6.27. The molecule has 1 amide bonds. The first kappa shape index (κ1) is 13.5. The summed E-state index contributed by atoms with van der Waals surface area (Å²) in [4.78, 5) is 28.9. The van der Waals surface area contributed by atoms with Crippen molar-refractivity contribution >= 4 is 22.8 Å². The van der Waals surface area contributed by atoms with Gasteiger partial charge in [-0.05, 0) is 32.3 Å². The minimum atomic E-state index is 0.308. The van der Waals surface area contributed by atoms with Crippen LogP contribution >= 0.6 is 0 Å². The summed E-state index contributed by atoms with van der Waals surface area (Å²) in [7, 11) is 0.